The van der Waals surface area contributed by atoms with Crippen LogP contribution in [0.25, 0.3) is 11.0 Å². The molecule has 0 spiro atoms. The van der Waals surface area contributed by atoms with Crippen molar-refractivity contribution in [3.05, 3.63) is 48.3 Å². The van der Waals surface area contributed by atoms with E-state index in [1.54, 1.807) is 18.7 Å². The quantitative estimate of drug-likeness (QED) is 0.416. The van der Waals surface area contributed by atoms with E-state index in [0.29, 0.717) is 17.7 Å². The molecule has 0 aliphatic heterocycles. The maximum absolute atomic E-state index is 4.52. The summed E-state index contributed by atoms with van der Waals surface area (Å²) in [6, 6.07) is 5.75. The van der Waals surface area contributed by atoms with Crippen LogP contribution in [0.15, 0.2) is 36.9 Å². The lowest BCUT2D eigenvalue weighted by Crippen LogP contribution is -2.11. The molecule has 4 heterocycles. The number of fused-ring (bicyclic) bond motifs is 1. The van der Waals surface area contributed by atoms with Gasteiger partial charge in [0.25, 0.3) is 0 Å². The SMILES string of the molecule is C[C@@H](Nc1nccc(Nc2cc(C3CC3)[nH]n2)n1)c1cc2nc[nH]c2cn1. The van der Waals surface area contributed by atoms with Gasteiger partial charge in [-0.05, 0) is 31.9 Å². The van der Waals surface area contributed by atoms with Crippen molar-refractivity contribution in [3.63, 3.8) is 0 Å². The minimum atomic E-state index is -0.0618. The van der Waals surface area contributed by atoms with Crippen LogP contribution in [0.3, 0.4) is 0 Å². The third-order valence-corrected chi connectivity index (χ3v) is 4.64. The van der Waals surface area contributed by atoms with Crippen molar-refractivity contribution in [2.24, 2.45) is 0 Å². The first-order valence-electron chi connectivity index (χ1n) is 8.95. The Balaban J connectivity index is 1.30. The number of nitrogens with zero attached hydrogens (tertiary/aromatic N) is 5. The fourth-order valence-electron chi connectivity index (χ4n) is 2.99. The first-order chi connectivity index (χ1) is 13.2. The van der Waals surface area contributed by atoms with Crippen LogP contribution >= 0.6 is 0 Å². The van der Waals surface area contributed by atoms with Crippen LogP contribution in [0, 0.1) is 0 Å². The smallest absolute Gasteiger partial charge is 0.225 e. The van der Waals surface area contributed by atoms with Crippen molar-refractivity contribution in [1.82, 2.24) is 35.1 Å². The second kappa shape index (κ2) is 6.35. The van der Waals surface area contributed by atoms with E-state index >= 15 is 0 Å². The van der Waals surface area contributed by atoms with E-state index in [4.69, 9.17) is 0 Å². The van der Waals surface area contributed by atoms with E-state index in [2.05, 4.69) is 45.8 Å². The third kappa shape index (κ3) is 3.31. The number of H-pyrrole nitrogens is 2. The predicted molar refractivity (Wildman–Crippen MR) is 102 cm³/mol. The number of aromatic nitrogens is 7. The lowest BCUT2D eigenvalue weighted by molar-refractivity contribution is 0.824. The number of aromatic amines is 2. The Bertz CT molecular complexity index is 1080. The van der Waals surface area contributed by atoms with Gasteiger partial charge in [0.15, 0.2) is 5.82 Å². The van der Waals surface area contributed by atoms with Gasteiger partial charge in [0.1, 0.15) is 5.82 Å². The fraction of sp³-hybridized carbons (Fsp3) is 0.278. The number of hydrogen-bond donors (Lipinski definition) is 4. The van der Waals surface area contributed by atoms with Crippen LogP contribution in [0.1, 0.15) is 43.1 Å². The van der Waals surface area contributed by atoms with Crippen LogP contribution in [-0.4, -0.2) is 35.1 Å². The summed E-state index contributed by atoms with van der Waals surface area (Å²) in [7, 11) is 0. The highest BCUT2D eigenvalue weighted by Gasteiger charge is 2.25. The van der Waals surface area contributed by atoms with Gasteiger partial charge in [-0.15, -0.1) is 0 Å². The Hall–Kier alpha value is -3.49. The van der Waals surface area contributed by atoms with Gasteiger partial charge in [-0.1, -0.05) is 0 Å². The molecule has 9 nitrogen and oxygen atoms in total. The van der Waals surface area contributed by atoms with E-state index in [-0.39, 0.29) is 6.04 Å². The van der Waals surface area contributed by atoms with Gasteiger partial charge in [0, 0.05) is 23.9 Å². The summed E-state index contributed by atoms with van der Waals surface area (Å²) in [5.74, 6) is 2.61. The van der Waals surface area contributed by atoms with Gasteiger partial charge in [-0.25, -0.2) is 9.97 Å². The van der Waals surface area contributed by atoms with E-state index < -0.39 is 0 Å². The average molecular weight is 361 g/mol. The molecule has 0 saturated heterocycles. The van der Waals surface area contributed by atoms with Gasteiger partial charge in [-0.3, -0.25) is 10.1 Å². The molecule has 4 aromatic heterocycles. The summed E-state index contributed by atoms with van der Waals surface area (Å²) >= 11 is 0. The Morgan fingerprint density at radius 2 is 2.07 bits per heavy atom. The molecule has 1 aliphatic carbocycles. The predicted octanol–water partition coefficient (Wildman–Crippen LogP) is 3.27. The highest BCUT2D eigenvalue weighted by atomic mass is 15.2. The molecule has 1 saturated carbocycles. The molecule has 4 N–H and O–H groups in total. The summed E-state index contributed by atoms with van der Waals surface area (Å²) < 4.78 is 0. The molecule has 0 amide bonds. The van der Waals surface area contributed by atoms with Crippen LogP contribution in [0.5, 0.6) is 0 Å². The zero-order valence-corrected chi connectivity index (χ0v) is 14.8. The largest absolute Gasteiger partial charge is 0.346 e. The van der Waals surface area contributed by atoms with Crippen LogP contribution in [0.4, 0.5) is 17.6 Å². The van der Waals surface area contributed by atoms with Gasteiger partial charge >= 0.3 is 0 Å². The Kier molecular flexibility index (Phi) is 3.70. The number of anilines is 3. The van der Waals surface area contributed by atoms with Crippen molar-refractivity contribution in [2.45, 2.75) is 31.7 Å². The monoisotopic (exact) mass is 361 g/mol. The number of rotatable bonds is 6. The first kappa shape index (κ1) is 15.7. The molecule has 136 valence electrons. The maximum atomic E-state index is 4.52. The topological polar surface area (TPSA) is 120 Å². The number of nitrogens with one attached hydrogen (secondary N) is 4. The summed E-state index contributed by atoms with van der Waals surface area (Å²) in [6.07, 6.45) is 7.63. The van der Waals surface area contributed by atoms with Crippen molar-refractivity contribution in [2.75, 3.05) is 10.6 Å². The average Bonchev–Trinajstić information content (AvgIpc) is 3.23. The van der Waals surface area contributed by atoms with Gasteiger partial charge in [0.05, 0.1) is 35.3 Å². The molecule has 0 radical (unpaired) electrons. The molecule has 0 aromatic carbocycles. The normalized spacial score (nSPS) is 15.0. The molecule has 27 heavy (non-hydrogen) atoms. The van der Waals surface area contributed by atoms with Gasteiger partial charge in [0.2, 0.25) is 5.95 Å². The highest BCUT2D eigenvalue weighted by molar-refractivity contribution is 5.73. The van der Waals surface area contributed by atoms with Crippen molar-refractivity contribution >= 4 is 28.6 Å². The molecule has 9 heteroatoms. The molecule has 5 rings (SSSR count). The van der Waals surface area contributed by atoms with Crippen molar-refractivity contribution in [3.8, 4) is 0 Å². The lowest BCUT2D eigenvalue weighted by atomic mass is 10.2. The Morgan fingerprint density at radius 1 is 1.15 bits per heavy atom. The standard InChI is InChI=1S/C18H19N9/c1-10(12-6-14-15(8-20-12)22-9-21-14)23-18-19-5-4-16(25-18)24-17-7-13(26-27-17)11-2-3-11/h4-11H,2-3H2,1H3,(H,21,22)(H3,19,23,24,25,26,27)/t10-/m1/s1. The van der Waals surface area contributed by atoms with E-state index in [9.17, 15) is 0 Å². The minimum absolute atomic E-state index is 0.0618. The second-order valence-electron chi connectivity index (χ2n) is 6.77. The van der Waals surface area contributed by atoms with Crippen LogP contribution < -0.4 is 10.6 Å². The van der Waals surface area contributed by atoms with Crippen molar-refractivity contribution < 1.29 is 0 Å². The molecular formula is C18H19N9. The zero-order chi connectivity index (χ0) is 18.2. The fourth-order valence-corrected chi connectivity index (χ4v) is 2.99. The Labute approximate surface area is 155 Å². The van der Waals surface area contributed by atoms with E-state index in [1.807, 2.05) is 25.1 Å². The molecule has 4 aromatic rings. The zero-order valence-electron chi connectivity index (χ0n) is 14.8. The summed E-state index contributed by atoms with van der Waals surface area (Å²) in [6.45, 7) is 2.01. The summed E-state index contributed by atoms with van der Waals surface area (Å²) in [4.78, 5) is 20.6. The number of pyridine rings is 1. The van der Waals surface area contributed by atoms with Gasteiger partial charge in [-0.2, -0.15) is 10.1 Å². The molecule has 0 unspecified atom stereocenters. The summed E-state index contributed by atoms with van der Waals surface area (Å²) in [5, 5.41) is 13.9. The molecule has 1 aliphatic rings. The molecule has 0 bridgehead atoms. The molecule has 1 fully saturated rings. The van der Waals surface area contributed by atoms with Crippen LogP contribution in [0.2, 0.25) is 0 Å². The second-order valence-corrected chi connectivity index (χ2v) is 6.77. The van der Waals surface area contributed by atoms with E-state index in [1.165, 1.54) is 18.5 Å². The minimum Gasteiger partial charge on any atom is -0.346 e. The van der Waals surface area contributed by atoms with Gasteiger partial charge < -0.3 is 15.6 Å². The number of hydrogen-bond acceptors (Lipinski definition) is 7. The third-order valence-electron chi connectivity index (χ3n) is 4.64. The van der Waals surface area contributed by atoms with Crippen LogP contribution in [-0.2, 0) is 0 Å². The number of imidazole rings is 1. The highest BCUT2D eigenvalue weighted by Crippen LogP contribution is 2.39. The first-order valence-corrected chi connectivity index (χ1v) is 8.95. The maximum Gasteiger partial charge on any atom is 0.225 e. The Morgan fingerprint density at radius 3 is 2.96 bits per heavy atom. The molecular weight excluding hydrogens is 342 g/mol. The molecule has 1 atom stereocenters. The summed E-state index contributed by atoms with van der Waals surface area (Å²) in [5.41, 5.74) is 3.85. The lowest BCUT2D eigenvalue weighted by Gasteiger charge is -2.13. The van der Waals surface area contributed by atoms with E-state index in [0.717, 1.165) is 22.5 Å². The van der Waals surface area contributed by atoms with Crippen molar-refractivity contribution in [1.29, 1.82) is 0 Å².